The van der Waals surface area contributed by atoms with Gasteiger partial charge in [-0.05, 0) is 68.9 Å². The van der Waals surface area contributed by atoms with E-state index in [0.29, 0.717) is 5.75 Å². The number of carboxylic acids is 1. The number of carbonyl (C=O) groups excluding carboxylic acids is 1. The van der Waals surface area contributed by atoms with Crippen molar-refractivity contribution in [2.75, 3.05) is 18.0 Å². The molecule has 0 radical (unpaired) electrons. The predicted molar refractivity (Wildman–Crippen MR) is 135 cm³/mol. The van der Waals surface area contributed by atoms with Crippen LogP contribution in [-0.4, -0.2) is 35.7 Å². The number of hydrogen-bond acceptors (Lipinski definition) is 4. The number of amides is 1. The summed E-state index contributed by atoms with van der Waals surface area (Å²) in [4.78, 5) is 26.8. The van der Waals surface area contributed by atoms with Crippen LogP contribution in [0.25, 0.3) is 0 Å². The lowest BCUT2D eigenvalue weighted by molar-refractivity contribution is -0.152. The monoisotopic (exact) mass is 466 g/mol. The first-order valence-electron chi connectivity index (χ1n) is 12.4. The van der Waals surface area contributed by atoms with E-state index in [-0.39, 0.29) is 18.4 Å². The van der Waals surface area contributed by atoms with Crippen LogP contribution < -0.4 is 15.0 Å². The van der Waals surface area contributed by atoms with Gasteiger partial charge in [0.25, 0.3) is 0 Å². The molecule has 1 fully saturated rings. The van der Waals surface area contributed by atoms with Gasteiger partial charge >= 0.3 is 5.97 Å². The minimum atomic E-state index is -1.31. The highest BCUT2D eigenvalue weighted by Crippen LogP contribution is 2.31. The summed E-state index contributed by atoms with van der Waals surface area (Å²) in [6.45, 7) is 7.32. The van der Waals surface area contributed by atoms with Crippen molar-refractivity contribution in [3.8, 4) is 5.75 Å². The lowest BCUT2D eigenvalue weighted by Gasteiger charge is -2.33. The largest absolute Gasteiger partial charge is 0.478 e. The van der Waals surface area contributed by atoms with E-state index in [1.807, 2.05) is 12.1 Å². The molecule has 34 heavy (non-hydrogen) atoms. The number of piperidine rings is 1. The van der Waals surface area contributed by atoms with Crippen LogP contribution in [0.5, 0.6) is 5.75 Å². The molecule has 1 saturated heterocycles. The summed E-state index contributed by atoms with van der Waals surface area (Å²) in [7, 11) is 0. The Hall–Kier alpha value is -3.02. The van der Waals surface area contributed by atoms with Crippen molar-refractivity contribution in [2.45, 2.75) is 77.4 Å². The fraction of sp³-hybridized carbons (Fsp3) is 0.500. The van der Waals surface area contributed by atoms with Gasteiger partial charge in [0.1, 0.15) is 5.75 Å². The van der Waals surface area contributed by atoms with Crippen molar-refractivity contribution in [1.82, 2.24) is 5.32 Å². The standard InChI is InChI=1S/C28H38N2O4/c1-4-5-12-24(23-11-7-8-13-25(23)30-18-9-6-10-19-30)29-26(31)20-21-14-16-22(17-15-21)34-28(2,3)27(32)33/h7-8,11,13-17,24H,4-6,9-10,12,18-20H2,1-3H3,(H,29,31)(H,32,33). The van der Waals surface area contributed by atoms with Gasteiger partial charge in [0.2, 0.25) is 5.91 Å². The van der Waals surface area contributed by atoms with Crippen molar-refractivity contribution < 1.29 is 19.4 Å². The SMILES string of the molecule is CCCCC(NC(=O)Cc1ccc(OC(C)(C)C(=O)O)cc1)c1ccccc1N1CCCCC1. The number of carbonyl (C=O) groups is 2. The van der Waals surface area contributed by atoms with Crippen LogP contribution in [0.1, 0.15) is 76.5 Å². The minimum absolute atomic E-state index is 0.0194. The third-order valence-corrected chi connectivity index (χ3v) is 6.37. The molecule has 1 aliphatic rings. The molecule has 0 saturated carbocycles. The maximum atomic E-state index is 13.0. The molecule has 0 bridgehead atoms. The van der Waals surface area contributed by atoms with Gasteiger partial charge in [-0.25, -0.2) is 4.79 Å². The van der Waals surface area contributed by atoms with E-state index >= 15 is 0 Å². The molecule has 2 N–H and O–H groups in total. The lowest BCUT2D eigenvalue weighted by Crippen LogP contribution is -2.37. The number of anilines is 1. The smallest absolute Gasteiger partial charge is 0.347 e. The van der Waals surface area contributed by atoms with E-state index in [9.17, 15) is 14.7 Å². The molecular formula is C28H38N2O4. The molecule has 0 spiro atoms. The second-order valence-electron chi connectivity index (χ2n) is 9.61. The van der Waals surface area contributed by atoms with Gasteiger partial charge in [-0.3, -0.25) is 4.79 Å². The van der Waals surface area contributed by atoms with Gasteiger partial charge < -0.3 is 20.1 Å². The third-order valence-electron chi connectivity index (χ3n) is 6.37. The molecule has 1 heterocycles. The molecule has 1 unspecified atom stereocenters. The summed E-state index contributed by atoms with van der Waals surface area (Å²) in [6, 6.07) is 15.5. The zero-order valence-corrected chi connectivity index (χ0v) is 20.7. The summed E-state index contributed by atoms with van der Waals surface area (Å²) < 4.78 is 5.56. The van der Waals surface area contributed by atoms with Crippen molar-refractivity contribution in [3.63, 3.8) is 0 Å². The number of nitrogens with zero attached hydrogens (tertiary/aromatic N) is 1. The highest BCUT2D eigenvalue weighted by Gasteiger charge is 2.29. The minimum Gasteiger partial charge on any atom is -0.478 e. The van der Waals surface area contributed by atoms with E-state index in [1.54, 1.807) is 12.1 Å². The third kappa shape index (κ3) is 6.99. The zero-order chi connectivity index (χ0) is 24.6. The van der Waals surface area contributed by atoms with Gasteiger partial charge in [-0.15, -0.1) is 0 Å². The van der Waals surface area contributed by atoms with Gasteiger partial charge in [0.15, 0.2) is 5.60 Å². The van der Waals surface area contributed by atoms with Gasteiger partial charge in [-0.1, -0.05) is 50.1 Å². The first-order valence-corrected chi connectivity index (χ1v) is 12.4. The number of para-hydroxylation sites is 1. The number of rotatable bonds is 11. The van der Waals surface area contributed by atoms with Crippen LogP contribution in [0.2, 0.25) is 0 Å². The Labute approximate surface area is 203 Å². The highest BCUT2D eigenvalue weighted by atomic mass is 16.5. The molecule has 1 atom stereocenters. The number of aliphatic carboxylic acids is 1. The molecular weight excluding hydrogens is 428 g/mol. The molecule has 6 heteroatoms. The van der Waals surface area contributed by atoms with Crippen molar-refractivity contribution in [1.29, 1.82) is 0 Å². The van der Waals surface area contributed by atoms with Crippen molar-refractivity contribution >= 4 is 17.6 Å². The number of nitrogens with one attached hydrogen (secondary N) is 1. The van der Waals surface area contributed by atoms with Crippen LogP contribution >= 0.6 is 0 Å². The van der Waals surface area contributed by atoms with Crippen molar-refractivity contribution in [2.24, 2.45) is 0 Å². The van der Waals surface area contributed by atoms with Gasteiger partial charge in [-0.2, -0.15) is 0 Å². The zero-order valence-electron chi connectivity index (χ0n) is 20.7. The fourth-order valence-electron chi connectivity index (χ4n) is 4.36. The Morgan fingerprint density at radius 3 is 2.38 bits per heavy atom. The highest BCUT2D eigenvalue weighted by molar-refractivity contribution is 5.79. The predicted octanol–water partition coefficient (Wildman–Crippen LogP) is 5.51. The summed E-state index contributed by atoms with van der Waals surface area (Å²) in [5.74, 6) is -0.583. The summed E-state index contributed by atoms with van der Waals surface area (Å²) in [6.07, 6.45) is 7.00. The maximum absolute atomic E-state index is 13.0. The summed E-state index contributed by atoms with van der Waals surface area (Å²) in [5, 5.41) is 12.5. The molecule has 1 aliphatic heterocycles. The Kier molecular flexibility index (Phi) is 8.97. The number of benzene rings is 2. The first kappa shape index (κ1) is 25.6. The molecule has 6 nitrogen and oxygen atoms in total. The van der Waals surface area contributed by atoms with Crippen LogP contribution in [0.15, 0.2) is 48.5 Å². The van der Waals surface area contributed by atoms with Crippen LogP contribution in [-0.2, 0) is 16.0 Å². The molecule has 2 aromatic carbocycles. The van der Waals surface area contributed by atoms with E-state index in [1.165, 1.54) is 44.4 Å². The second kappa shape index (κ2) is 11.9. The lowest BCUT2D eigenvalue weighted by atomic mass is 9.97. The average molecular weight is 467 g/mol. The normalized spacial score (nSPS) is 15.0. The average Bonchev–Trinajstić information content (AvgIpc) is 2.83. The van der Waals surface area contributed by atoms with Gasteiger partial charge in [0, 0.05) is 18.8 Å². The van der Waals surface area contributed by atoms with Crippen LogP contribution in [0, 0.1) is 0 Å². The summed E-state index contributed by atoms with van der Waals surface area (Å²) >= 11 is 0. The van der Waals surface area contributed by atoms with E-state index < -0.39 is 11.6 Å². The topological polar surface area (TPSA) is 78.9 Å². The fourth-order valence-corrected chi connectivity index (χ4v) is 4.36. The number of unbranched alkanes of at least 4 members (excludes halogenated alkanes) is 1. The van der Waals surface area contributed by atoms with Crippen molar-refractivity contribution in [3.05, 3.63) is 59.7 Å². The van der Waals surface area contributed by atoms with Crippen LogP contribution in [0.4, 0.5) is 5.69 Å². The Bertz CT molecular complexity index is 949. The Morgan fingerprint density at radius 1 is 1.06 bits per heavy atom. The van der Waals surface area contributed by atoms with E-state index in [2.05, 4.69) is 41.4 Å². The molecule has 1 amide bonds. The quantitative estimate of drug-likeness (QED) is 0.457. The molecule has 2 aromatic rings. The van der Waals surface area contributed by atoms with Gasteiger partial charge in [0.05, 0.1) is 12.5 Å². The second-order valence-corrected chi connectivity index (χ2v) is 9.61. The maximum Gasteiger partial charge on any atom is 0.347 e. The molecule has 184 valence electrons. The number of ether oxygens (including phenoxy) is 1. The number of hydrogen-bond donors (Lipinski definition) is 2. The molecule has 0 aromatic heterocycles. The molecule has 0 aliphatic carbocycles. The Morgan fingerprint density at radius 2 is 1.74 bits per heavy atom. The van der Waals surface area contributed by atoms with E-state index in [4.69, 9.17) is 4.74 Å². The first-order chi connectivity index (χ1) is 16.3. The van der Waals surface area contributed by atoms with Crippen LogP contribution in [0.3, 0.4) is 0 Å². The summed E-state index contributed by atoms with van der Waals surface area (Å²) in [5.41, 5.74) is 1.99. The van der Waals surface area contributed by atoms with E-state index in [0.717, 1.165) is 37.9 Å². The number of carboxylic acid groups (broad SMARTS) is 1. The molecule has 3 rings (SSSR count). The Balaban J connectivity index is 1.69.